The largest absolute Gasteiger partial charge is 0.365 e. The first-order valence-corrected chi connectivity index (χ1v) is 6.00. The molecule has 3 nitrogen and oxygen atoms in total. The quantitative estimate of drug-likeness (QED) is 0.839. The van der Waals surface area contributed by atoms with E-state index in [2.05, 4.69) is 0 Å². The van der Waals surface area contributed by atoms with Crippen molar-refractivity contribution in [3.05, 3.63) is 34.9 Å². The van der Waals surface area contributed by atoms with Gasteiger partial charge in [0.1, 0.15) is 6.10 Å². The van der Waals surface area contributed by atoms with Crippen LogP contribution in [0.15, 0.2) is 24.3 Å². The fourth-order valence-electron chi connectivity index (χ4n) is 1.77. The van der Waals surface area contributed by atoms with Gasteiger partial charge in [0.25, 0.3) is 0 Å². The van der Waals surface area contributed by atoms with Crippen LogP contribution in [0.3, 0.4) is 0 Å². The van der Waals surface area contributed by atoms with Gasteiger partial charge in [0, 0.05) is 10.4 Å². The molecular weight excluding hydrogens is 240 g/mol. The second-order valence-electron chi connectivity index (χ2n) is 5.34. The Kier molecular flexibility index (Phi) is 3.46. The summed E-state index contributed by atoms with van der Waals surface area (Å²) in [4.78, 5) is 0. The summed E-state index contributed by atoms with van der Waals surface area (Å²) < 4.78 is 11.2. The van der Waals surface area contributed by atoms with Crippen LogP contribution < -0.4 is 0 Å². The Hall–Kier alpha value is -0.610. The summed E-state index contributed by atoms with van der Waals surface area (Å²) in [7, 11) is 0. The Labute approximate surface area is 106 Å². The summed E-state index contributed by atoms with van der Waals surface area (Å²) >= 11 is 5.92. The number of aliphatic hydroxyl groups excluding tert-OH is 1. The molecule has 1 saturated heterocycles. The van der Waals surface area contributed by atoms with Crippen molar-refractivity contribution in [2.45, 2.75) is 39.5 Å². The number of rotatable bonds is 1. The SMILES string of the molecule is CC(C)(C)C1OC(O)C(c2cccc(Cl)c2)O1. The third-order valence-corrected chi connectivity index (χ3v) is 2.91. The molecule has 0 saturated carbocycles. The molecule has 2 rings (SSSR count). The maximum atomic E-state index is 9.88. The van der Waals surface area contributed by atoms with Gasteiger partial charge in [-0.2, -0.15) is 0 Å². The van der Waals surface area contributed by atoms with Gasteiger partial charge in [0.05, 0.1) is 0 Å². The van der Waals surface area contributed by atoms with E-state index >= 15 is 0 Å². The van der Waals surface area contributed by atoms with Crippen molar-refractivity contribution in [2.75, 3.05) is 0 Å². The van der Waals surface area contributed by atoms with Crippen LogP contribution in [0.25, 0.3) is 0 Å². The first-order valence-electron chi connectivity index (χ1n) is 5.62. The van der Waals surface area contributed by atoms with Gasteiger partial charge in [-0.3, -0.25) is 0 Å². The molecule has 0 bridgehead atoms. The number of hydrogen-bond donors (Lipinski definition) is 1. The molecule has 1 aliphatic rings. The number of aliphatic hydroxyl groups is 1. The highest BCUT2D eigenvalue weighted by atomic mass is 35.5. The maximum absolute atomic E-state index is 9.88. The molecule has 0 spiro atoms. The molecule has 94 valence electrons. The predicted molar refractivity (Wildman–Crippen MR) is 65.6 cm³/mol. The average molecular weight is 257 g/mol. The maximum Gasteiger partial charge on any atom is 0.188 e. The first-order chi connectivity index (χ1) is 7.88. The summed E-state index contributed by atoms with van der Waals surface area (Å²) in [5.74, 6) is 0. The van der Waals surface area contributed by atoms with Crippen LogP contribution in [0, 0.1) is 5.41 Å². The molecule has 17 heavy (non-hydrogen) atoms. The van der Waals surface area contributed by atoms with Gasteiger partial charge in [-0.05, 0) is 17.7 Å². The zero-order chi connectivity index (χ0) is 12.6. The van der Waals surface area contributed by atoms with Crippen LogP contribution in [0.5, 0.6) is 0 Å². The van der Waals surface area contributed by atoms with E-state index in [0.29, 0.717) is 5.02 Å². The van der Waals surface area contributed by atoms with Crippen LogP contribution in [-0.2, 0) is 9.47 Å². The lowest BCUT2D eigenvalue weighted by Gasteiger charge is -2.24. The van der Waals surface area contributed by atoms with Gasteiger partial charge < -0.3 is 14.6 Å². The monoisotopic (exact) mass is 256 g/mol. The molecule has 1 aromatic carbocycles. The van der Waals surface area contributed by atoms with E-state index in [1.807, 2.05) is 32.9 Å². The van der Waals surface area contributed by atoms with Crippen molar-refractivity contribution >= 4 is 11.6 Å². The standard InChI is InChI=1S/C13H17ClO3/c1-13(2,3)12-16-10(11(15)17-12)8-5-4-6-9(14)7-8/h4-7,10-12,15H,1-3H3. The Morgan fingerprint density at radius 3 is 2.47 bits per heavy atom. The molecule has 0 aromatic heterocycles. The minimum Gasteiger partial charge on any atom is -0.365 e. The first kappa shape index (κ1) is 12.8. The summed E-state index contributed by atoms with van der Waals surface area (Å²) in [5.41, 5.74) is 0.658. The number of benzene rings is 1. The predicted octanol–water partition coefficient (Wildman–Crippen LogP) is 3.12. The van der Waals surface area contributed by atoms with Gasteiger partial charge in [0.15, 0.2) is 12.6 Å². The Bertz CT molecular complexity index is 400. The van der Waals surface area contributed by atoms with Crippen molar-refractivity contribution < 1.29 is 14.6 Å². The van der Waals surface area contributed by atoms with Crippen LogP contribution >= 0.6 is 11.6 Å². The fraction of sp³-hybridized carbons (Fsp3) is 0.538. The van der Waals surface area contributed by atoms with Gasteiger partial charge in [-0.15, -0.1) is 0 Å². The minimum absolute atomic E-state index is 0.172. The molecular formula is C13H17ClO3. The van der Waals surface area contributed by atoms with Crippen molar-refractivity contribution in [2.24, 2.45) is 5.41 Å². The molecule has 1 N–H and O–H groups in total. The zero-order valence-electron chi connectivity index (χ0n) is 10.2. The molecule has 3 unspecified atom stereocenters. The van der Waals surface area contributed by atoms with Gasteiger partial charge in [-0.1, -0.05) is 44.5 Å². The zero-order valence-corrected chi connectivity index (χ0v) is 10.9. The summed E-state index contributed by atoms with van der Waals surface area (Å²) in [5, 5.41) is 10.5. The molecule has 1 aliphatic heterocycles. The lowest BCUT2D eigenvalue weighted by Crippen LogP contribution is -2.27. The van der Waals surface area contributed by atoms with E-state index in [-0.39, 0.29) is 5.41 Å². The Morgan fingerprint density at radius 2 is 1.94 bits per heavy atom. The number of halogens is 1. The fourth-order valence-corrected chi connectivity index (χ4v) is 1.96. The summed E-state index contributed by atoms with van der Waals surface area (Å²) in [6, 6.07) is 7.27. The molecule has 1 heterocycles. The van der Waals surface area contributed by atoms with Gasteiger partial charge in [0.2, 0.25) is 0 Å². The van der Waals surface area contributed by atoms with Crippen molar-refractivity contribution in [1.82, 2.24) is 0 Å². The topological polar surface area (TPSA) is 38.7 Å². The second kappa shape index (κ2) is 4.58. The summed E-state index contributed by atoms with van der Waals surface area (Å²) in [6.07, 6.45) is -1.84. The molecule has 0 radical (unpaired) electrons. The van der Waals surface area contributed by atoms with Crippen LogP contribution in [0.4, 0.5) is 0 Å². The van der Waals surface area contributed by atoms with E-state index in [1.165, 1.54) is 0 Å². The second-order valence-corrected chi connectivity index (χ2v) is 5.77. The van der Waals surface area contributed by atoms with E-state index in [4.69, 9.17) is 21.1 Å². The number of hydrogen-bond acceptors (Lipinski definition) is 3. The summed E-state index contributed by atoms with van der Waals surface area (Å²) in [6.45, 7) is 6.01. The molecule has 0 amide bonds. The van der Waals surface area contributed by atoms with Crippen molar-refractivity contribution in [3.8, 4) is 0 Å². The smallest absolute Gasteiger partial charge is 0.188 e. The molecule has 1 fully saturated rings. The minimum atomic E-state index is -0.947. The highest BCUT2D eigenvalue weighted by molar-refractivity contribution is 6.30. The van der Waals surface area contributed by atoms with Gasteiger partial charge in [-0.25, -0.2) is 0 Å². The lowest BCUT2D eigenvalue weighted by atomic mass is 9.96. The molecule has 0 aliphatic carbocycles. The molecule has 3 atom stereocenters. The third-order valence-electron chi connectivity index (χ3n) is 2.68. The van der Waals surface area contributed by atoms with Crippen LogP contribution in [-0.4, -0.2) is 17.7 Å². The van der Waals surface area contributed by atoms with Crippen molar-refractivity contribution in [3.63, 3.8) is 0 Å². The highest BCUT2D eigenvalue weighted by Gasteiger charge is 2.41. The van der Waals surface area contributed by atoms with Crippen molar-refractivity contribution in [1.29, 1.82) is 0 Å². The van der Waals surface area contributed by atoms with Crippen LogP contribution in [0.2, 0.25) is 5.02 Å². The van der Waals surface area contributed by atoms with E-state index in [9.17, 15) is 5.11 Å². The molecule has 1 aromatic rings. The number of ether oxygens (including phenoxy) is 2. The third kappa shape index (κ3) is 2.80. The Balaban J connectivity index is 2.19. The normalized spacial score (nSPS) is 29.6. The van der Waals surface area contributed by atoms with E-state index < -0.39 is 18.7 Å². The van der Waals surface area contributed by atoms with E-state index in [0.717, 1.165) is 5.56 Å². The lowest BCUT2D eigenvalue weighted by molar-refractivity contribution is -0.160. The highest BCUT2D eigenvalue weighted by Crippen LogP contribution is 2.38. The van der Waals surface area contributed by atoms with Gasteiger partial charge >= 0.3 is 0 Å². The van der Waals surface area contributed by atoms with Crippen LogP contribution in [0.1, 0.15) is 32.4 Å². The molecule has 4 heteroatoms. The average Bonchev–Trinajstić information content (AvgIpc) is 2.60. The Morgan fingerprint density at radius 1 is 1.24 bits per heavy atom. The van der Waals surface area contributed by atoms with E-state index in [1.54, 1.807) is 12.1 Å².